The molecule has 1 nitrogen and oxygen atoms in total. The van der Waals surface area contributed by atoms with E-state index >= 15 is 0 Å². The van der Waals surface area contributed by atoms with Gasteiger partial charge in [-0.05, 0) is 37.1 Å². The molecule has 0 amide bonds. The third kappa shape index (κ3) is 5.55. The minimum Gasteiger partial charge on any atom is -0.314 e. The predicted octanol–water partition coefficient (Wildman–Crippen LogP) is 3.84. The lowest BCUT2D eigenvalue weighted by molar-refractivity contribution is 0.240. The summed E-state index contributed by atoms with van der Waals surface area (Å²) in [6.07, 6.45) is 7.33. The molecule has 1 aliphatic carbocycles. The molecule has 0 aromatic heterocycles. The molecule has 0 saturated heterocycles. The fourth-order valence-electron chi connectivity index (χ4n) is 2.86. The van der Waals surface area contributed by atoms with Gasteiger partial charge in [-0.15, -0.1) is 0 Å². The number of nitrogens with one attached hydrogen (secondary N) is 1. The minimum absolute atomic E-state index is 0.637. The van der Waals surface area contributed by atoms with Crippen molar-refractivity contribution in [2.45, 2.75) is 65.8 Å². The average molecular weight is 211 g/mol. The van der Waals surface area contributed by atoms with E-state index in [-0.39, 0.29) is 0 Å². The van der Waals surface area contributed by atoms with Crippen LogP contribution >= 0.6 is 0 Å². The second-order valence-corrected chi connectivity index (χ2v) is 6.04. The monoisotopic (exact) mass is 211 g/mol. The Morgan fingerprint density at radius 3 is 2.53 bits per heavy atom. The molecule has 90 valence electrons. The van der Waals surface area contributed by atoms with Gasteiger partial charge >= 0.3 is 0 Å². The van der Waals surface area contributed by atoms with Gasteiger partial charge in [0.05, 0.1) is 0 Å². The van der Waals surface area contributed by atoms with E-state index in [1.165, 1.54) is 38.6 Å². The summed E-state index contributed by atoms with van der Waals surface area (Å²) in [7, 11) is 0. The largest absolute Gasteiger partial charge is 0.314 e. The van der Waals surface area contributed by atoms with Crippen molar-refractivity contribution < 1.29 is 0 Å². The molecule has 1 saturated carbocycles. The molecule has 0 radical (unpaired) electrons. The lowest BCUT2D eigenvalue weighted by Crippen LogP contribution is -2.29. The van der Waals surface area contributed by atoms with E-state index in [1.807, 2.05) is 0 Å². The average Bonchev–Trinajstić information content (AvgIpc) is 2.15. The van der Waals surface area contributed by atoms with Gasteiger partial charge in [0.2, 0.25) is 0 Å². The standard InChI is InChI=1S/C14H29N/c1-11(2)15-10-13(4)9-14-7-5-6-12(3)8-14/h11-15H,5-10H2,1-4H3. The molecule has 0 aromatic rings. The normalized spacial score (nSPS) is 29.4. The molecule has 3 unspecified atom stereocenters. The molecule has 0 spiro atoms. The molecular formula is C14H29N. The first-order valence-electron chi connectivity index (χ1n) is 6.81. The quantitative estimate of drug-likeness (QED) is 0.728. The Kier molecular flexibility index (Phi) is 5.66. The Balaban J connectivity index is 2.16. The van der Waals surface area contributed by atoms with E-state index in [2.05, 4.69) is 33.0 Å². The van der Waals surface area contributed by atoms with Gasteiger partial charge in [-0.25, -0.2) is 0 Å². The fourth-order valence-corrected chi connectivity index (χ4v) is 2.86. The lowest BCUT2D eigenvalue weighted by Gasteiger charge is -2.29. The Labute approximate surface area is 96.0 Å². The highest BCUT2D eigenvalue weighted by molar-refractivity contribution is 4.73. The number of rotatable bonds is 5. The second-order valence-electron chi connectivity index (χ2n) is 6.04. The first-order valence-corrected chi connectivity index (χ1v) is 6.81. The van der Waals surface area contributed by atoms with Crippen LogP contribution in [0, 0.1) is 17.8 Å². The zero-order valence-electron chi connectivity index (χ0n) is 11.1. The molecule has 1 heteroatoms. The second kappa shape index (κ2) is 6.52. The maximum Gasteiger partial charge on any atom is 0.00104 e. The van der Waals surface area contributed by atoms with Crippen molar-refractivity contribution >= 4 is 0 Å². The predicted molar refractivity (Wildman–Crippen MR) is 68.0 cm³/mol. The van der Waals surface area contributed by atoms with E-state index in [9.17, 15) is 0 Å². The summed E-state index contributed by atoms with van der Waals surface area (Å²) in [6, 6.07) is 0.637. The van der Waals surface area contributed by atoms with E-state index in [0.29, 0.717) is 6.04 Å². The van der Waals surface area contributed by atoms with Crippen LogP contribution in [0.4, 0.5) is 0 Å². The highest BCUT2D eigenvalue weighted by Gasteiger charge is 2.20. The summed E-state index contributed by atoms with van der Waals surface area (Å²) < 4.78 is 0. The van der Waals surface area contributed by atoms with Gasteiger partial charge < -0.3 is 5.32 Å². The summed E-state index contributed by atoms with van der Waals surface area (Å²) >= 11 is 0. The molecule has 0 aromatic carbocycles. The summed E-state index contributed by atoms with van der Waals surface area (Å²) in [5.74, 6) is 2.84. The van der Waals surface area contributed by atoms with Crippen LogP contribution in [0.2, 0.25) is 0 Å². The summed E-state index contributed by atoms with van der Waals surface area (Å²) in [5.41, 5.74) is 0. The Morgan fingerprint density at radius 1 is 1.20 bits per heavy atom. The topological polar surface area (TPSA) is 12.0 Å². The molecule has 0 aliphatic heterocycles. The molecular weight excluding hydrogens is 182 g/mol. The molecule has 1 fully saturated rings. The van der Waals surface area contributed by atoms with Crippen LogP contribution in [0.25, 0.3) is 0 Å². The molecule has 0 heterocycles. The Morgan fingerprint density at radius 2 is 1.93 bits per heavy atom. The van der Waals surface area contributed by atoms with E-state index in [4.69, 9.17) is 0 Å². The number of hydrogen-bond donors (Lipinski definition) is 1. The van der Waals surface area contributed by atoms with Crippen molar-refractivity contribution in [3.8, 4) is 0 Å². The minimum atomic E-state index is 0.637. The SMILES string of the molecule is CC1CCCC(CC(C)CNC(C)C)C1. The van der Waals surface area contributed by atoms with Gasteiger partial charge in [-0.2, -0.15) is 0 Å². The van der Waals surface area contributed by atoms with Crippen molar-refractivity contribution in [2.75, 3.05) is 6.54 Å². The molecule has 15 heavy (non-hydrogen) atoms. The molecule has 3 atom stereocenters. The highest BCUT2D eigenvalue weighted by atomic mass is 14.9. The van der Waals surface area contributed by atoms with Gasteiger partial charge in [-0.1, -0.05) is 47.0 Å². The smallest absolute Gasteiger partial charge is 0.00104 e. The van der Waals surface area contributed by atoms with Gasteiger partial charge in [0.15, 0.2) is 0 Å². The van der Waals surface area contributed by atoms with Crippen LogP contribution in [0.15, 0.2) is 0 Å². The van der Waals surface area contributed by atoms with E-state index < -0.39 is 0 Å². The molecule has 1 rings (SSSR count). The molecule has 1 aliphatic rings. The van der Waals surface area contributed by atoms with Crippen LogP contribution in [0.5, 0.6) is 0 Å². The van der Waals surface area contributed by atoms with Crippen LogP contribution < -0.4 is 5.32 Å². The number of hydrogen-bond acceptors (Lipinski definition) is 1. The lowest BCUT2D eigenvalue weighted by atomic mass is 9.78. The van der Waals surface area contributed by atoms with Gasteiger partial charge in [0, 0.05) is 6.04 Å². The van der Waals surface area contributed by atoms with Gasteiger partial charge in [-0.3, -0.25) is 0 Å². The summed E-state index contributed by atoms with van der Waals surface area (Å²) in [6.45, 7) is 10.5. The molecule has 1 N–H and O–H groups in total. The first kappa shape index (κ1) is 13.0. The van der Waals surface area contributed by atoms with E-state index in [1.54, 1.807) is 0 Å². The van der Waals surface area contributed by atoms with Gasteiger partial charge in [0.1, 0.15) is 0 Å². The van der Waals surface area contributed by atoms with E-state index in [0.717, 1.165) is 17.8 Å². The molecule has 0 bridgehead atoms. The van der Waals surface area contributed by atoms with Crippen LogP contribution in [-0.4, -0.2) is 12.6 Å². The van der Waals surface area contributed by atoms with Crippen molar-refractivity contribution in [1.29, 1.82) is 0 Å². The van der Waals surface area contributed by atoms with Crippen LogP contribution in [-0.2, 0) is 0 Å². The summed E-state index contributed by atoms with van der Waals surface area (Å²) in [5, 5.41) is 3.55. The Bertz CT molecular complexity index is 165. The van der Waals surface area contributed by atoms with Crippen molar-refractivity contribution in [2.24, 2.45) is 17.8 Å². The highest BCUT2D eigenvalue weighted by Crippen LogP contribution is 2.32. The maximum atomic E-state index is 3.55. The van der Waals surface area contributed by atoms with Crippen molar-refractivity contribution in [3.63, 3.8) is 0 Å². The first-order chi connectivity index (χ1) is 7.08. The third-order valence-electron chi connectivity index (χ3n) is 3.66. The zero-order valence-corrected chi connectivity index (χ0v) is 11.1. The third-order valence-corrected chi connectivity index (χ3v) is 3.66. The van der Waals surface area contributed by atoms with Gasteiger partial charge in [0.25, 0.3) is 0 Å². The van der Waals surface area contributed by atoms with Crippen molar-refractivity contribution in [1.82, 2.24) is 5.32 Å². The summed E-state index contributed by atoms with van der Waals surface area (Å²) in [4.78, 5) is 0. The van der Waals surface area contributed by atoms with Crippen LogP contribution in [0.3, 0.4) is 0 Å². The van der Waals surface area contributed by atoms with Crippen molar-refractivity contribution in [3.05, 3.63) is 0 Å². The fraction of sp³-hybridized carbons (Fsp3) is 1.00. The van der Waals surface area contributed by atoms with Crippen LogP contribution in [0.1, 0.15) is 59.8 Å². The zero-order chi connectivity index (χ0) is 11.3. The Hall–Kier alpha value is -0.0400. The maximum absolute atomic E-state index is 3.55.